The van der Waals surface area contributed by atoms with Crippen LogP contribution in [0, 0.1) is 5.92 Å². The van der Waals surface area contributed by atoms with Gasteiger partial charge in [-0.15, -0.1) is 5.10 Å². The number of benzene rings is 3. The van der Waals surface area contributed by atoms with Gasteiger partial charge < -0.3 is 18.7 Å². The molecular weight excluding hydrogens is 563 g/mol. The standard InChI is InChI=1S/C33H39FN4O4Si/c1-23-32(41-2)27-19-26(38(22-40)25-13-9-6-10-14-25)15-16-30(27)42-33(23)31(43(3,4)34)17-18-37-20-29(35-36-37)28(21-39)24-11-7-5-8-12-24/h5-16,19-20,22-23,28,31-33,39H,17-18,21H2,1-4H3/t23-,28?,31?,32-,33-/m1/s1. The van der Waals surface area contributed by atoms with E-state index in [1.54, 1.807) is 29.8 Å². The number of aromatic nitrogens is 3. The number of nitrogens with zero attached hydrogens (tertiary/aromatic N) is 4. The minimum absolute atomic E-state index is 0.0847. The monoisotopic (exact) mass is 602 g/mol. The first-order chi connectivity index (χ1) is 20.7. The molecule has 5 atom stereocenters. The third kappa shape index (κ3) is 6.56. The predicted octanol–water partition coefficient (Wildman–Crippen LogP) is 6.42. The van der Waals surface area contributed by atoms with Gasteiger partial charge in [-0.1, -0.05) is 60.7 Å². The van der Waals surface area contributed by atoms with Crippen molar-refractivity contribution in [3.05, 3.63) is 102 Å². The maximum absolute atomic E-state index is 16.0. The maximum Gasteiger partial charge on any atom is 0.247 e. The first-order valence-electron chi connectivity index (χ1n) is 14.6. The van der Waals surface area contributed by atoms with E-state index in [4.69, 9.17) is 9.47 Å². The van der Waals surface area contributed by atoms with Crippen molar-refractivity contribution in [2.75, 3.05) is 18.6 Å². The summed E-state index contributed by atoms with van der Waals surface area (Å²) in [5.74, 6) is 0.211. The zero-order chi connectivity index (χ0) is 30.6. The highest BCUT2D eigenvalue weighted by Gasteiger charge is 2.47. The zero-order valence-electron chi connectivity index (χ0n) is 25.0. The third-order valence-corrected chi connectivity index (χ3v) is 10.9. The molecule has 5 rings (SSSR count). The molecule has 8 nitrogen and oxygen atoms in total. The van der Waals surface area contributed by atoms with Gasteiger partial charge in [-0.05, 0) is 55.4 Å². The van der Waals surface area contributed by atoms with Gasteiger partial charge in [0.15, 0.2) is 0 Å². The van der Waals surface area contributed by atoms with Crippen molar-refractivity contribution in [2.45, 2.75) is 56.7 Å². The van der Waals surface area contributed by atoms with Crippen LogP contribution < -0.4 is 9.64 Å². The number of hydrogen-bond donors (Lipinski definition) is 1. The Hall–Kier alpha value is -3.86. The number of amides is 1. The molecule has 1 amide bonds. The van der Waals surface area contributed by atoms with E-state index >= 15 is 4.11 Å². The van der Waals surface area contributed by atoms with Crippen LogP contribution in [0.15, 0.2) is 85.1 Å². The first kappa shape index (κ1) is 30.6. The van der Waals surface area contributed by atoms with E-state index in [0.717, 1.165) is 23.2 Å². The SMILES string of the molecule is CO[C@H]1c2cc(N(C=O)c3ccccc3)ccc2O[C@@H](C(CCn2cc(C(CO)c3ccccc3)nn2)[Si](C)(C)F)[C@@H]1C. The Balaban J connectivity index is 1.37. The van der Waals surface area contributed by atoms with Crippen LogP contribution in [0.4, 0.5) is 15.5 Å². The van der Waals surface area contributed by atoms with Crippen molar-refractivity contribution >= 4 is 26.2 Å². The van der Waals surface area contributed by atoms with E-state index in [-0.39, 0.29) is 30.1 Å². The molecule has 0 aliphatic carbocycles. The lowest BCUT2D eigenvalue weighted by molar-refractivity contribution is -0.106. The maximum atomic E-state index is 16.0. The van der Waals surface area contributed by atoms with Crippen LogP contribution in [0.2, 0.25) is 18.6 Å². The van der Waals surface area contributed by atoms with Gasteiger partial charge in [-0.25, -0.2) is 0 Å². The summed E-state index contributed by atoms with van der Waals surface area (Å²) in [6.45, 7) is 5.86. The molecule has 2 heterocycles. The van der Waals surface area contributed by atoms with Gasteiger partial charge in [0.05, 0.1) is 24.3 Å². The fourth-order valence-electron chi connectivity index (χ4n) is 6.18. The molecule has 1 N–H and O–H groups in total. The number of rotatable bonds is 12. The first-order valence-corrected chi connectivity index (χ1v) is 17.6. The lowest BCUT2D eigenvalue weighted by Gasteiger charge is -2.43. The number of ether oxygens (including phenoxy) is 2. The van der Waals surface area contributed by atoms with Gasteiger partial charge in [-0.3, -0.25) is 14.4 Å². The molecule has 0 radical (unpaired) electrons. The van der Waals surface area contributed by atoms with E-state index in [1.807, 2.05) is 92.0 Å². The van der Waals surface area contributed by atoms with E-state index in [2.05, 4.69) is 10.3 Å². The number of fused-ring (bicyclic) bond motifs is 1. The van der Waals surface area contributed by atoms with Crippen molar-refractivity contribution in [1.82, 2.24) is 15.0 Å². The van der Waals surface area contributed by atoms with Crippen molar-refractivity contribution < 1.29 is 23.5 Å². The molecule has 3 aromatic carbocycles. The molecule has 1 aromatic heterocycles. The molecule has 0 saturated carbocycles. The molecular formula is C33H39FN4O4Si. The number of methoxy groups -OCH3 is 1. The van der Waals surface area contributed by atoms with Gasteiger partial charge in [0.1, 0.15) is 11.9 Å². The number of anilines is 2. The summed E-state index contributed by atoms with van der Waals surface area (Å²) in [6, 6.07) is 24.7. The van der Waals surface area contributed by atoms with Crippen molar-refractivity contribution in [3.8, 4) is 5.75 Å². The van der Waals surface area contributed by atoms with Crippen LogP contribution in [0.5, 0.6) is 5.75 Å². The largest absolute Gasteiger partial charge is 0.490 e. The lowest BCUT2D eigenvalue weighted by Crippen LogP contribution is -2.46. The molecule has 2 unspecified atom stereocenters. The molecule has 43 heavy (non-hydrogen) atoms. The van der Waals surface area contributed by atoms with Crippen LogP contribution >= 0.6 is 0 Å². The van der Waals surface area contributed by atoms with E-state index in [9.17, 15) is 9.90 Å². The van der Waals surface area contributed by atoms with Gasteiger partial charge >= 0.3 is 0 Å². The molecule has 0 bridgehead atoms. The Labute approximate surface area is 253 Å². The molecule has 0 fully saturated rings. The summed E-state index contributed by atoms with van der Waals surface area (Å²) >= 11 is 0. The van der Waals surface area contributed by atoms with Crippen LogP contribution in [0.25, 0.3) is 0 Å². The summed E-state index contributed by atoms with van der Waals surface area (Å²) in [5.41, 5.74) is 3.58. The fourth-order valence-corrected chi connectivity index (χ4v) is 8.15. The number of para-hydroxylation sites is 1. The molecule has 4 aromatic rings. The highest BCUT2D eigenvalue weighted by Crippen LogP contribution is 2.48. The predicted molar refractivity (Wildman–Crippen MR) is 167 cm³/mol. The quantitative estimate of drug-likeness (QED) is 0.114. The summed E-state index contributed by atoms with van der Waals surface area (Å²) in [5, 5.41) is 18.7. The average molecular weight is 603 g/mol. The minimum Gasteiger partial charge on any atom is -0.490 e. The fraction of sp³-hybridized carbons (Fsp3) is 0.364. The minimum atomic E-state index is -3.22. The third-order valence-electron chi connectivity index (χ3n) is 8.48. The number of halogens is 1. The van der Waals surface area contributed by atoms with Crippen LogP contribution in [0.3, 0.4) is 0 Å². The van der Waals surface area contributed by atoms with E-state index < -0.39 is 14.5 Å². The van der Waals surface area contributed by atoms with E-state index in [0.29, 0.717) is 30.1 Å². The molecule has 0 spiro atoms. The normalized spacial score (nSPS) is 19.6. The summed E-state index contributed by atoms with van der Waals surface area (Å²) in [6.07, 6.45) is 2.39. The number of aliphatic hydroxyl groups excluding tert-OH is 1. The van der Waals surface area contributed by atoms with Crippen molar-refractivity contribution in [3.63, 3.8) is 0 Å². The highest BCUT2D eigenvalue weighted by atomic mass is 28.4. The van der Waals surface area contributed by atoms with Crippen LogP contribution in [0.1, 0.15) is 42.2 Å². The van der Waals surface area contributed by atoms with Gasteiger partial charge in [0.25, 0.3) is 0 Å². The topological polar surface area (TPSA) is 89.7 Å². The Morgan fingerprint density at radius 1 is 1.09 bits per heavy atom. The molecule has 10 heteroatoms. The number of hydrogen-bond acceptors (Lipinski definition) is 6. The number of aryl methyl sites for hydroxylation is 1. The zero-order valence-corrected chi connectivity index (χ0v) is 26.0. The Morgan fingerprint density at radius 2 is 1.79 bits per heavy atom. The Morgan fingerprint density at radius 3 is 2.42 bits per heavy atom. The summed E-state index contributed by atoms with van der Waals surface area (Å²) in [4.78, 5) is 13.6. The van der Waals surface area contributed by atoms with Crippen LogP contribution in [-0.4, -0.2) is 54.7 Å². The second-order valence-electron chi connectivity index (χ2n) is 11.6. The van der Waals surface area contributed by atoms with E-state index in [1.165, 1.54) is 0 Å². The average Bonchev–Trinajstić information content (AvgIpc) is 3.47. The highest BCUT2D eigenvalue weighted by molar-refractivity contribution is 6.72. The second-order valence-corrected chi connectivity index (χ2v) is 15.5. The smallest absolute Gasteiger partial charge is 0.247 e. The number of carbonyl (C=O) groups excluding carboxylic acids is 1. The van der Waals surface area contributed by atoms with Gasteiger partial charge in [-0.2, -0.15) is 0 Å². The van der Waals surface area contributed by atoms with Crippen molar-refractivity contribution in [1.29, 1.82) is 0 Å². The number of aliphatic hydroxyl groups is 1. The number of carbonyl (C=O) groups is 1. The van der Waals surface area contributed by atoms with Gasteiger partial charge in [0.2, 0.25) is 14.8 Å². The van der Waals surface area contributed by atoms with Gasteiger partial charge in [0, 0.05) is 48.2 Å². The molecule has 0 saturated heterocycles. The molecule has 1 aliphatic rings. The van der Waals surface area contributed by atoms with Crippen molar-refractivity contribution in [2.24, 2.45) is 5.92 Å². The summed E-state index contributed by atoms with van der Waals surface area (Å²) in [7, 11) is -1.57. The second kappa shape index (κ2) is 13.2. The Bertz CT molecular complexity index is 1500. The van der Waals surface area contributed by atoms with Crippen LogP contribution in [-0.2, 0) is 16.1 Å². The lowest BCUT2D eigenvalue weighted by atomic mass is 9.86. The molecule has 1 aliphatic heterocycles. The Kier molecular flexibility index (Phi) is 9.39. The molecule has 226 valence electrons. The summed E-state index contributed by atoms with van der Waals surface area (Å²) < 4.78 is 30.3.